The zero-order valence-corrected chi connectivity index (χ0v) is 26.1. The molecule has 0 N–H and O–H groups in total. The summed E-state index contributed by atoms with van der Waals surface area (Å²) in [5.74, 6) is 1.89. The summed E-state index contributed by atoms with van der Waals surface area (Å²) in [4.78, 5) is 0. The van der Waals surface area contributed by atoms with Gasteiger partial charge in [0.2, 0.25) is 0 Å². The third-order valence-corrected chi connectivity index (χ3v) is 9.76. The van der Waals surface area contributed by atoms with Gasteiger partial charge in [-0.3, -0.25) is 0 Å². The van der Waals surface area contributed by atoms with Crippen LogP contribution in [0.4, 0.5) is 0 Å². The molecule has 0 amide bonds. The van der Waals surface area contributed by atoms with Crippen molar-refractivity contribution in [3.63, 3.8) is 0 Å². The van der Waals surface area contributed by atoms with Gasteiger partial charge in [0.05, 0.1) is 13.2 Å². The minimum atomic E-state index is 0.770. The highest BCUT2D eigenvalue weighted by atomic mass is 32.1. The van der Waals surface area contributed by atoms with Gasteiger partial charge in [-0.15, -0.1) is 11.3 Å². The van der Waals surface area contributed by atoms with Crippen molar-refractivity contribution < 1.29 is 13.9 Å². The fourth-order valence-corrected chi connectivity index (χ4v) is 7.37. The van der Waals surface area contributed by atoms with Crippen LogP contribution in [0.1, 0.15) is 90.9 Å². The van der Waals surface area contributed by atoms with E-state index >= 15 is 0 Å². The van der Waals surface area contributed by atoms with Crippen molar-refractivity contribution >= 4 is 64.2 Å². The molecule has 4 aromatic carbocycles. The van der Waals surface area contributed by atoms with E-state index in [0.29, 0.717) is 0 Å². The second-order valence-corrected chi connectivity index (χ2v) is 12.8. The first-order valence-corrected chi connectivity index (χ1v) is 17.1. The Kier molecular flexibility index (Phi) is 9.50. The second kappa shape index (κ2) is 13.8. The first-order valence-electron chi connectivity index (χ1n) is 16.3. The van der Waals surface area contributed by atoms with Crippen LogP contribution in [0.5, 0.6) is 11.5 Å². The molecule has 6 rings (SSSR count). The SMILES string of the molecule is CCCCCCCCOc1ccc2oc3c(ccc4c3ccc3c5cc(OCCCCCCCC)ccc5sc34)c2c1. The molecule has 0 aliphatic rings. The van der Waals surface area contributed by atoms with E-state index in [9.17, 15) is 0 Å². The van der Waals surface area contributed by atoms with E-state index < -0.39 is 0 Å². The topological polar surface area (TPSA) is 31.6 Å². The van der Waals surface area contributed by atoms with Crippen LogP contribution in [-0.4, -0.2) is 13.2 Å². The van der Waals surface area contributed by atoms with Crippen molar-refractivity contribution in [3.8, 4) is 11.5 Å². The number of hydrogen-bond donors (Lipinski definition) is 0. The molecule has 0 bridgehead atoms. The second-order valence-electron chi connectivity index (χ2n) is 11.7. The molecule has 0 fully saturated rings. The van der Waals surface area contributed by atoms with Gasteiger partial charge in [-0.2, -0.15) is 0 Å². The summed E-state index contributed by atoms with van der Waals surface area (Å²) in [7, 11) is 0. The lowest BCUT2D eigenvalue weighted by atomic mass is 10.0. The van der Waals surface area contributed by atoms with Crippen LogP contribution in [0.15, 0.2) is 65.1 Å². The van der Waals surface area contributed by atoms with Crippen molar-refractivity contribution in [1.29, 1.82) is 0 Å². The van der Waals surface area contributed by atoms with Gasteiger partial charge < -0.3 is 13.9 Å². The first-order chi connectivity index (χ1) is 20.8. The number of thiophene rings is 1. The van der Waals surface area contributed by atoms with Gasteiger partial charge >= 0.3 is 0 Å². The molecule has 6 aromatic rings. The highest BCUT2D eigenvalue weighted by molar-refractivity contribution is 7.26. The van der Waals surface area contributed by atoms with Crippen molar-refractivity contribution in [2.45, 2.75) is 90.9 Å². The Morgan fingerprint density at radius 1 is 0.524 bits per heavy atom. The van der Waals surface area contributed by atoms with E-state index in [1.807, 2.05) is 17.4 Å². The number of unbranched alkanes of at least 4 members (excludes halogenated alkanes) is 10. The van der Waals surface area contributed by atoms with Crippen LogP contribution < -0.4 is 9.47 Å². The van der Waals surface area contributed by atoms with E-state index in [4.69, 9.17) is 13.9 Å². The lowest BCUT2D eigenvalue weighted by Gasteiger charge is -2.06. The molecule has 0 saturated heterocycles. The number of furan rings is 1. The molecule has 2 heterocycles. The molecular formula is C38H44O3S. The molecule has 4 heteroatoms. The van der Waals surface area contributed by atoms with Gasteiger partial charge in [-0.1, -0.05) is 90.2 Å². The number of benzene rings is 4. The van der Waals surface area contributed by atoms with Gasteiger partial charge in [-0.05, 0) is 61.4 Å². The van der Waals surface area contributed by atoms with Crippen molar-refractivity contribution in [2.24, 2.45) is 0 Å². The van der Waals surface area contributed by atoms with Gasteiger partial charge in [0.25, 0.3) is 0 Å². The van der Waals surface area contributed by atoms with Crippen LogP contribution in [0.3, 0.4) is 0 Å². The Hall–Kier alpha value is -3.24. The predicted molar refractivity (Wildman–Crippen MR) is 182 cm³/mol. The van der Waals surface area contributed by atoms with Crippen LogP contribution in [-0.2, 0) is 0 Å². The largest absolute Gasteiger partial charge is 0.494 e. The van der Waals surface area contributed by atoms with Crippen molar-refractivity contribution in [1.82, 2.24) is 0 Å². The number of rotatable bonds is 16. The molecule has 0 unspecified atom stereocenters. The Bertz CT molecular complexity index is 1640. The summed E-state index contributed by atoms with van der Waals surface area (Å²) in [5, 5.41) is 7.23. The summed E-state index contributed by atoms with van der Waals surface area (Å²) < 4.78 is 21.3. The molecule has 0 aliphatic carbocycles. The molecule has 0 atom stereocenters. The van der Waals surface area contributed by atoms with Gasteiger partial charge in [0.15, 0.2) is 0 Å². The third kappa shape index (κ3) is 6.24. The van der Waals surface area contributed by atoms with Crippen molar-refractivity contribution in [3.05, 3.63) is 60.7 Å². The summed E-state index contributed by atoms with van der Waals surface area (Å²) in [6.45, 7) is 6.08. The highest BCUT2D eigenvalue weighted by Crippen LogP contribution is 2.43. The van der Waals surface area contributed by atoms with Crippen LogP contribution >= 0.6 is 11.3 Å². The zero-order valence-electron chi connectivity index (χ0n) is 25.3. The smallest absolute Gasteiger partial charge is 0.143 e. The average Bonchev–Trinajstić information content (AvgIpc) is 3.58. The Balaban J connectivity index is 1.21. The molecule has 0 aliphatic heterocycles. The fraction of sp³-hybridized carbons (Fsp3) is 0.421. The molecule has 220 valence electrons. The average molecular weight is 581 g/mol. The quantitative estimate of drug-likeness (QED) is 0.107. The normalized spacial score (nSPS) is 12.0. The predicted octanol–water partition coefficient (Wildman–Crippen LogP) is 12.6. The number of fused-ring (bicyclic) bond motifs is 9. The summed E-state index contributed by atoms with van der Waals surface area (Å²) in [6.07, 6.45) is 15.3. The van der Waals surface area contributed by atoms with Gasteiger partial charge in [-0.25, -0.2) is 0 Å². The molecule has 0 saturated carbocycles. The zero-order chi connectivity index (χ0) is 28.7. The maximum atomic E-state index is 6.46. The van der Waals surface area contributed by atoms with Gasteiger partial charge in [0, 0.05) is 41.7 Å². The van der Waals surface area contributed by atoms with E-state index in [2.05, 4.69) is 68.4 Å². The van der Waals surface area contributed by atoms with Gasteiger partial charge in [0.1, 0.15) is 22.7 Å². The standard InChI is InChI=1S/C38H44O3S/c1-3-5-7-9-11-13-23-39-27-15-21-35-33(25-27)30-18-19-31-29(37(30)41-35)17-20-32-34-26-28(16-22-36(34)42-38(31)32)40-24-14-12-10-8-6-4-2/h15-22,25-26H,3-14,23-24H2,1-2H3. The molecule has 2 aromatic heterocycles. The maximum absolute atomic E-state index is 6.46. The summed E-state index contributed by atoms with van der Waals surface area (Å²) in [5.41, 5.74) is 1.87. The van der Waals surface area contributed by atoms with Crippen molar-refractivity contribution in [2.75, 3.05) is 13.2 Å². The molecule has 0 radical (unpaired) electrons. The van der Waals surface area contributed by atoms with E-state index in [0.717, 1.165) is 64.9 Å². The fourth-order valence-electron chi connectivity index (χ4n) is 6.16. The minimum Gasteiger partial charge on any atom is -0.494 e. The highest BCUT2D eigenvalue weighted by Gasteiger charge is 2.15. The maximum Gasteiger partial charge on any atom is 0.143 e. The molecule has 0 spiro atoms. The van der Waals surface area contributed by atoms with E-state index in [1.165, 1.54) is 89.8 Å². The number of ether oxygens (including phenoxy) is 2. The van der Waals surface area contributed by atoms with Crippen LogP contribution in [0.25, 0.3) is 52.9 Å². The number of hydrogen-bond acceptors (Lipinski definition) is 4. The van der Waals surface area contributed by atoms with Crippen LogP contribution in [0, 0.1) is 0 Å². The lowest BCUT2D eigenvalue weighted by molar-refractivity contribution is 0.304. The monoisotopic (exact) mass is 580 g/mol. The lowest BCUT2D eigenvalue weighted by Crippen LogP contribution is -1.97. The summed E-state index contributed by atoms with van der Waals surface area (Å²) >= 11 is 1.86. The van der Waals surface area contributed by atoms with Crippen LogP contribution in [0.2, 0.25) is 0 Å². The molecular weight excluding hydrogens is 536 g/mol. The first kappa shape index (κ1) is 28.9. The minimum absolute atomic E-state index is 0.770. The Morgan fingerprint density at radius 2 is 1.05 bits per heavy atom. The van der Waals surface area contributed by atoms with E-state index in [1.54, 1.807) is 0 Å². The third-order valence-electron chi connectivity index (χ3n) is 8.54. The summed E-state index contributed by atoms with van der Waals surface area (Å²) in [6, 6.07) is 21.8. The van der Waals surface area contributed by atoms with E-state index in [-0.39, 0.29) is 0 Å². The Labute approximate surface area is 253 Å². The Morgan fingerprint density at radius 3 is 1.71 bits per heavy atom. The molecule has 42 heavy (non-hydrogen) atoms. The molecule has 3 nitrogen and oxygen atoms in total.